The highest BCUT2D eigenvalue weighted by Gasteiger charge is 2.22. The lowest BCUT2D eigenvalue weighted by Crippen LogP contribution is -2.28. The van der Waals surface area contributed by atoms with Crippen molar-refractivity contribution in [3.63, 3.8) is 0 Å². The lowest BCUT2D eigenvalue weighted by molar-refractivity contribution is -0.118. The second-order valence-corrected chi connectivity index (χ2v) is 11.9. The van der Waals surface area contributed by atoms with Crippen LogP contribution < -0.4 is 30.9 Å². The molecule has 0 aliphatic heterocycles. The third-order valence-corrected chi connectivity index (χ3v) is 7.63. The van der Waals surface area contributed by atoms with E-state index in [2.05, 4.69) is 10.2 Å². The number of halogens is 5. The fourth-order valence-corrected chi connectivity index (χ4v) is 4.96. The molecule has 0 aliphatic rings. The van der Waals surface area contributed by atoms with E-state index in [0.717, 1.165) is 15.4 Å². The van der Waals surface area contributed by atoms with Gasteiger partial charge >= 0.3 is 5.97 Å². The number of esters is 1. The fraction of sp³-hybridized carbons (Fsp3) is 0.250. The van der Waals surface area contributed by atoms with Crippen LogP contribution in [0.25, 0.3) is 0 Å². The molecule has 0 fully saturated rings. The summed E-state index contributed by atoms with van der Waals surface area (Å²) < 4.78 is 17.3. The van der Waals surface area contributed by atoms with Crippen LogP contribution in [-0.4, -0.2) is 56.6 Å². The van der Waals surface area contributed by atoms with Crippen molar-refractivity contribution >= 4 is 80.8 Å². The highest BCUT2D eigenvalue weighted by atomic mass is 35.5. The number of nitrogens with zero attached hydrogens (tertiary/aromatic N) is 3. The summed E-state index contributed by atoms with van der Waals surface area (Å²) in [4.78, 5) is 78.6. The average Bonchev–Trinajstić information content (AvgIpc) is 3.07. The molecule has 4 rings (SSSR count). The Morgan fingerprint density at radius 3 is 1.69 bits per heavy atom. The minimum Gasteiger partial charge on any atom is -0.494 e. The van der Waals surface area contributed by atoms with Crippen LogP contribution in [0.15, 0.2) is 62.9 Å². The van der Waals surface area contributed by atoms with Crippen molar-refractivity contribution in [1.82, 2.24) is 19.6 Å². The predicted octanol–water partition coefficient (Wildman–Crippen LogP) is 5.65. The number of nitrogens with one attached hydrogen (secondary N) is 1. The van der Waals surface area contributed by atoms with Gasteiger partial charge in [-0.05, 0) is 49.7 Å². The van der Waals surface area contributed by atoms with Crippen LogP contribution in [0.5, 0.6) is 17.4 Å². The third-order valence-electron chi connectivity index (χ3n) is 6.22. The zero-order valence-electron chi connectivity index (χ0n) is 27.3. The number of aromatic nitrogens is 4. The van der Waals surface area contributed by atoms with Crippen LogP contribution in [0.2, 0.25) is 20.1 Å². The Morgan fingerprint density at radius 1 is 0.686 bits per heavy atom. The second-order valence-electron chi connectivity index (χ2n) is 9.97. The second kappa shape index (κ2) is 20.4. The van der Waals surface area contributed by atoms with Gasteiger partial charge in [0.15, 0.2) is 11.5 Å². The molecule has 0 saturated carbocycles. The Balaban J connectivity index is 0.000000292. The fourth-order valence-electron chi connectivity index (χ4n) is 3.79. The van der Waals surface area contributed by atoms with Gasteiger partial charge in [0.2, 0.25) is 5.88 Å². The highest BCUT2D eigenvalue weighted by Crippen LogP contribution is 2.35. The summed E-state index contributed by atoms with van der Waals surface area (Å²) >= 11 is 28.8. The number of carbonyl (C=O) groups excluding carboxylic acids is 4. The molecule has 2 aromatic carbocycles. The van der Waals surface area contributed by atoms with E-state index in [-0.39, 0.29) is 92.2 Å². The molecule has 0 aliphatic carbocycles. The normalized spacial score (nSPS) is 10.1. The zero-order chi connectivity index (χ0) is 38.4. The largest absolute Gasteiger partial charge is 0.494 e. The number of ketones is 2. The molecule has 4 aromatic rings. The SMILES string of the molecule is CC(=O)CCn1[nH]c(=O)ccc1=O.COc1c(Cl)ccc(Cl)c1C(=O)Cl.COc1c(Cl)ccc(Cl)c1C(=O)Oc1ccc(=O)n(CCC(C)=O)n1. The molecule has 19 heteroatoms. The third kappa shape index (κ3) is 13.0. The Kier molecular flexibility index (Phi) is 17.1. The number of aryl methyl sites for hydroxylation is 2. The van der Waals surface area contributed by atoms with Gasteiger partial charge in [-0.2, -0.15) is 0 Å². The minimum atomic E-state index is -0.839. The highest BCUT2D eigenvalue weighted by molar-refractivity contribution is 6.69. The number of H-pyrrole nitrogens is 1. The molecule has 0 spiro atoms. The van der Waals surface area contributed by atoms with E-state index >= 15 is 0 Å². The number of hydrogen-bond acceptors (Lipinski definition) is 11. The number of rotatable bonds is 11. The molecule has 1 N–H and O–H groups in total. The first-order valence-corrected chi connectivity index (χ1v) is 16.2. The van der Waals surface area contributed by atoms with Crippen LogP contribution >= 0.6 is 58.0 Å². The van der Waals surface area contributed by atoms with E-state index in [1.807, 2.05) is 0 Å². The number of ether oxygens (including phenoxy) is 3. The van der Waals surface area contributed by atoms with E-state index in [9.17, 15) is 33.6 Å². The predicted molar refractivity (Wildman–Crippen MR) is 192 cm³/mol. The van der Waals surface area contributed by atoms with E-state index < -0.39 is 16.8 Å². The van der Waals surface area contributed by atoms with Crippen molar-refractivity contribution in [2.24, 2.45) is 0 Å². The van der Waals surface area contributed by atoms with Gasteiger partial charge in [-0.15, -0.1) is 5.10 Å². The number of methoxy groups -OCH3 is 2. The lowest BCUT2D eigenvalue weighted by atomic mass is 10.2. The number of benzene rings is 2. The van der Waals surface area contributed by atoms with Gasteiger partial charge in [-0.3, -0.25) is 33.9 Å². The average molecular weight is 807 g/mol. The molecule has 0 saturated heterocycles. The van der Waals surface area contributed by atoms with Crippen LogP contribution in [0.1, 0.15) is 47.4 Å². The Hall–Kier alpha value is -4.47. The maximum absolute atomic E-state index is 12.4. The molecule has 272 valence electrons. The number of aromatic amines is 1. The molecular formula is C32H29Cl5N4O10. The minimum absolute atomic E-state index is 0.0170. The first kappa shape index (κ1) is 42.7. The maximum Gasteiger partial charge on any atom is 0.350 e. The van der Waals surface area contributed by atoms with Gasteiger partial charge < -0.3 is 14.2 Å². The lowest BCUT2D eigenvalue weighted by Gasteiger charge is -2.11. The Labute approximate surface area is 314 Å². The summed E-state index contributed by atoms with van der Waals surface area (Å²) in [5.41, 5.74) is -1.03. The summed E-state index contributed by atoms with van der Waals surface area (Å²) in [7, 11) is 2.73. The molecule has 2 heterocycles. The van der Waals surface area contributed by atoms with Gasteiger partial charge in [0, 0.05) is 43.7 Å². The molecule has 0 bridgehead atoms. The summed E-state index contributed by atoms with van der Waals surface area (Å²) in [5.74, 6) is -0.791. The first-order valence-electron chi connectivity index (χ1n) is 14.3. The van der Waals surface area contributed by atoms with Crippen LogP contribution in [0, 0.1) is 0 Å². The molecule has 14 nitrogen and oxygen atoms in total. The van der Waals surface area contributed by atoms with E-state index in [1.165, 1.54) is 70.5 Å². The van der Waals surface area contributed by atoms with Gasteiger partial charge in [-0.25, -0.2) is 14.2 Å². The molecule has 0 radical (unpaired) electrons. The summed E-state index contributed by atoms with van der Waals surface area (Å²) in [6.45, 7) is 3.15. The topological polar surface area (TPSA) is 186 Å². The monoisotopic (exact) mass is 804 g/mol. The number of carbonyl (C=O) groups is 4. The summed E-state index contributed by atoms with van der Waals surface area (Å²) in [5, 5.41) is 6.36. The van der Waals surface area contributed by atoms with Crippen LogP contribution in [-0.2, 0) is 22.7 Å². The summed E-state index contributed by atoms with van der Waals surface area (Å²) in [6, 6.07) is 10.7. The number of hydrogen-bond donors (Lipinski definition) is 1. The molecule has 0 amide bonds. The van der Waals surface area contributed by atoms with Crippen molar-refractivity contribution in [2.75, 3.05) is 14.2 Å². The van der Waals surface area contributed by atoms with E-state index in [4.69, 9.17) is 72.2 Å². The molecule has 0 unspecified atom stereocenters. The Bertz CT molecular complexity index is 2100. The Morgan fingerprint density at radius 2 is 1.18 bits per heavy atom. The summed E-state index contributed by atoms with van der Waals surface area (Å²) in [6.07, 6.45) is 0.387. The van der Waals surface area contributed by atoms with Crippen molar-refractivity contribution in [1.29, 1.82) is 0 Å². The molecular weight excluding hydrogens is 778 g/mol. The smallest absolute Gasteiger partial charge is 0.350 e. The van der Waals surface area contributed by atoms with Gasteiger partial charge in [0.1, 0.15) is 17.1 Å². The van der Waals surface area contributed by atoms with E-state index in [0.29, 0.717) is 5.02 Å². The van der Waals surface area contributed by atoms with Crippen molar-refractivity contribution in [2.45, 2.75) is 39.8 Å². The van der Waals surface area contributed by atoms with Crippen LogP contribution in [0.4, 0.5) is 0 Å². The van der Waals surface area contributed by atoms with Crippen molar-refractivity contribution in [3.8, 4) is 17.4 Å². The number of Topliss-reactive ketones (excluding diaryl/α,β-unsaturated/α-hetero) is 2. The van der Waals surface area contributed by atoms with Gasteiger partial charge in [0.05, 0.1) is 46.4 Å². The molecule has 51 heavy (non-hydrogen) atoms. The van der Waals surface area contributed by atoms with Crippen molar-refractivity contribution < 1.29 is 33.4 Å². The van der Waals surface area contributed by atoms with E-state index in [1.54, 1.807) is 0 Å². The van der Waals surface area contributed by atoms with Gasteiger partial charge in [0.25, 0.3) is 21.9 Å². The quantitative estimate of drug-likeness (QED) is 0.146. The zero-order valence-corrected chi connectivity index (χ0v) is 31.0. The van der Waals surface area contributed by atoms with Crippen LogP contribution in [0.3, 0.4) is 0 Å². The maximum atomic E-state index is 12.4. The first-order chi connectivity index (χ1) is 24.0. The molecule has 0 atom stereocenters. The van der Waals surface area contributed by atoms with Crippen molar-refractivity contribution in [3.05, 3.63) is 111 Å². The molecule has 2 aromatic heterocycles. The van der Waals surface area contributed by atoms with Gasteiger partial charge in [-0.1, -0.05) is 46.4 Å². The standard InChI is InChI=1S/C16H14Cl2N2O5.C8H5Cl3O2.C8H10N2O3/c1-9(21)7-8-20-13(22)6-5-12(19-20)25-16(23)14-10(17)3-4-11(18)15(14)24-2;1-13-7-5(10)3-2-4(9)6(7)8(11)12;1-6(11)4-5-10-8(13)3-2-7(12)9-10/h3-6H,7-8H2,1-2H3;2-3H,1H3;2-3H,4-5H2,1H3,(H,9,12).